The van der Waals surface area contributed by atoms with Gasteiger partial charge in [-0.25, -0.2) is 0 Å². The molecular formula is C10H18O4. The van der Waals surface area contributed by atoms with E-state index in [1.165, 1.54) is 0 Å². The molecule has 2 aliphatic heterocycles. The summed E-state index contributed by atoms with van der Waals surface area (Å²) in [5.41, 5.74) is 0. The summed E-state index contributed by atoms with van der Waals surface area (Å²) in [7, 11) is 0. The van der Waals surface area contributed by atoms with Crippen molar-refractivity contribution in [2.45, 2.75) is 51.1 Å². The lowest BCUT2D eigenvalue weighted by molar-refractivity contribution is -0.322. The maximum absolute atomic E-state index is 5.55. The molecule has 0 saturated carbocycles. The highest BCUT2D eigenvalue weighted by Crippen LogP contribution is 2.28. The van der Waals surface area contributed by atoms with E-state index in [2.05, 4.69) is 13.8 Å². The molecule has 0 aromatic heterocycles. The van der Waals surface area contributed by atoms with E-state index in [0.717, 1.165) is 12.8 Å². The van der Waals surface area contributed by atoms with Gasteiger partial charge >= 0.3 is 0 Å². The summed E-state index contributed by atoms with van der Waals surface area (Å²) in [5, 5.41) is 0. The molecule has 82 valence electrons. The van der Waals surface area contributed by atoms with Gasteiger partial charge in [0.2, 0.25) is 0 Å². The molecule has 4 nitrogen and oxygen atoms in total. The lowest BCUT2D eigenvalue weighted by atomic mass is 9.98. The van der Waals surface area contributed by atoms with Gasteiger partial charge in [0.15, 0.2) is 0 Å². The molecule has 0 radical (unpaired) electrons. The Morgan fingerprint density at radius 3 is 1.57 bits per heavy atom. The summed E-state index contributed by atoms with van der Waals surface area (Å²) in [6.07, 6.45) is 2.33. The Morgan fingerprint density at radius 2 is 1.21 bits per heavy atom. The third-order valence-corrected chi connectivity index (χ3v) is 2.95. The third-order valence-electron chi connectivity index (χ3n) is 2.95. The normalized spacial score (nSPS) is 43.3. The molecule has 2 fully saturated rings. The molecule has 2 heterocycles. The molecule has 2 aliphatic rings. The van der Waals surface area contributed by atoms with Gasteiger partial charge in [-0.1, -0.05) is 13.8 Å². The van der Waals surface area contributed by atoms with E-state index in [-0.39, 0.29) is 24.4 Å². The summed E-state index contributed by atoms with van der Waals surface area (Å²) in [5.74, 6) is 0. The molecule has 4 heteroatoms. The van der Waals surface area contributed by atoms with Gasteiger partial charge in [0, 0.05) is 0 Å². The minimum Gasteiger partial charge on any atom is -0.349 e. The number of rotatable bonds is 2. The molecule has 0 amide bonds. The second-order valence-electron chi connectivity index (χ2n) is 3.73. The molecule has 2 unspecified atom stereocenters. The number of hydrogen-bond acceptors (Lipinski definition) is 4. The Morgan fingerprint density at radius 1 is 0.786 bits per heavy atom. The van der Waals surface area contributed by atoms with Crippen molar-refractivity contribution in [2.75, 3.05) is 13.6 Å². The first-order chi connectivity index (χ1) is 6.86. The predicted molar refractivity (Wildman–Crippen MR) is 49.8 cm³/mol. The summed E-state index contributed by atoms with van der Waals surface area (Å²) in [6.45, 7) is 4.94. The van der Waals surface area contributed by atoms with Crippen LogP contribution in [0.2, 0.25) is 0 Å². The van der Waals surface area contributed by atoms with Crippen LogP contribution in [0.5, 0.6) is 0 Å². The number of hydrogen-bond donors (Lipinski definition) is 0. The fraction of sp³-hybridized carbons (Fsp3) is 1.00. The Hall–Kier alpha value is -0.160. The van der Waals surface area contributed by atoms with Gasteiger partial charge in [0.1, 0.15) is 25.8 Å². The molecule has 0 N–H and O–H groups in total. The largest absolute Gasteiger partial charge is 0.349 e. The molecule has 14 heavy (non-hydrogen) atoms. The maximum Gasteiger partial charge on any atom is 0.147 e. The van der Waals surface area contributed by atoms with Crippen LogP contribution in [0.15, 0.2) is 0 Å². The molecule has 2 rings (SSSR count). The quantitative estimate of drug-likeness (QED) is 0.676. The SMILES string of the molecule is CC[C@H]1OCOC2C1OCO[C@@H]2CC. The summed E-state index contributed by atoms with van der Waals surface area (Å²) < 4.78 is 22.1. The van der Waals surface area contributed by atoms with Gasteiger partial charge < -0.3 is 18.9 Å². The van der Waals surface area contributed by atoms with E-state index in [4.69, 9.17) is 18.9 Å². The second-order valence-corrected chi connectivity index (χ2v) is 3.73. The fourth-order valence-corrected chi connectivity index (χ4v) is 2.13. The zero-order chi connectivity index (χ0) is 9.97. The first-order valence-corrected chi connectivity index (χ1v) is 5.33. The monoisotopic (exact) mass is 202 g/mol. The highest BCUT2D eigenvalue weighted by atomic mass is 16.8. The minimum absolute atomic E-state index is 0.0486. The molecule has 0 aliphatic carbocycles. The van der Waals surface area contributed by atoms with Crippen molar-refractivity contribution in [3.63, 3.8) is 0 Å². The van der Waals surface area contributed by atoms with E-state index in [0.29, 0.717) is 13.6 Å². The Bertz CT molecular complexity index is 165. The van der Waals surface area contributed by atoms with Crippen LogP contribution in [0, 0.1) is 0 Å². The maximum atomic E-state index is 5.55. The Balaban J connectivity index is 2.04. The predicted octanol–water partition coefficient (Wildman–Crippen LogP) is 1.29. The molecule has 2 saturated heterocycles. The standard InChI is InChI=1S/C10H18O4/c1-3-7-9-10(14-5-11-7)8(4-2)12-6-13-9/h7-10H,3-6H2,1-2H3/t7-,8-,9?,10?/m1/s1. The molecule has 0 aromatic carbocycles. The molecule has 0 spiro atoms. The molecular weight excluding hydrogens is 184 g/mol. The van der Waals surface area contributed by atoms with Gasteiger partial charge in [0.25, 0.3) is 0 Å². The van der Waals surface area contributed by atoms with Crippen molar-refractivity contribution in [3.8, 4) is 0 Å². The topological polar surface area (TPSA) is 36.9 Å². The number of fused-ring (bicyclic) bond motifs is 1. The summed E-state index contributed by atoms with van der Waals surface area (Å²) in [6, 6.07) is 0. The first kappa shape index (κ1) is 10.4. The highest BCUT2D eigenvalue weighted by Gasteiger charge is 2.42. The summed E-state index contributed by atoms with van der Waals surface area (Å²) in [4.78, 5) is 0. The number of ether oxygens (including phenoxy) is 4. The van der Waals surface area contributed by atoms with E-state index in [9.17, 15) is 0 Å². The van der Waals surface area contributed by atoms with Crippen molar-refractivity contribution in [2.24, 2.45) is 0 Å². The fourth-order valence-electron chi connectivity index (χ4n) is 2.13. The van der Waals surface area contributed by atoms with Crippen molar-refractivity contribution < 1.29 is 18.9 Å². The summed E-state index contributed by atoms with van der Waals surface area (Å²) >= 11 is 0. The van der Waals surface area contributed by atoms with Crippen LogP contribution in [-0.2, 0) is 18.9 Å². The van der Waals surface area contributed by atoms with Crippen molar-refractivity contribution in [1.29, 1.82) is 0 Å². The highest BCUT2D eigenvalue weighted by molar-refractivity contribution is 4.88. The van der Waals surface area contributed by atoms with Gasteiger partial charge in [0.05, 0.1) is 12.2 Å². The first-order valence-electron chi connectivity index (χ1n) is 5.33. The molecule has 0 bridgehead atoms. The van der Waals surface area contributed by atoms with Crippen LogP contribution >= 0.6 is 0 Å². The van der Waals surface area contributed by atoms with Crippen molar-refractivity contribution in [1.82, 2.24) is 0 Å². The van der Waals surface area contributed by atoms with Gasteiger partial charge in [-0.05, 0) is 12.8 Å². The smallest absolute Gasteiger partial charge is 0.147 e. The molecule has 4 atom stereocenters. The van der Waals surface area contributed by atoms with E-state index >= 15 is 0 Å². The average molecular weight is 202 g/mol. The van der Waals surface area contributed by atoms with Crippen LogP contribution in [0.25, 0.3) is 0 Å². The lowest BCUT2D eigenvalue weighted by Gasteiger charge is -2.43. The van der Waals surface area contributed by atoms with Crippen molar-refractivity contribution in [3.05, 3.63) is 0 Å². The lowest BCUT2D eigenvalue weighted by Crippen LogP contribution is -2.56. The van der Waals surface area contributed by atoms with Crippen LogP contribution < -0.4 is 0 Å². The average Bonchev–Trinajstić information content (AvgIpc) is 2.27. The Labute approximate surface area is 84.5 Å². The zero-order valence-electron chi connectivity index (χ0n) is 8.77. The minimum atomic E-state index is 0.0486. The van der Waals surface area contributed by atoms with E-state index in [1.807, 2.05) is 0 Å². The van der Waals surface area contributed by atoms with Gasteiger partial charge in [-0.15, -0.1) is 0 Å². The van der Waals surface area contributed by atoms with Gasteiger partial charge in [-0.2, -0.15) is 0 Å². The second kappa shape index (κ2) is 4.57. The van der Waals surface area contributed by atoms with Crippen LogP contribution in [0.4, 0.5) is 0 Å². The zero-order valence-corrected chi connectivity index (χ0v) is 8.77. The van der Waals surface area contributed by atoms with E-state index < -0.39 is 0 Å². The van der Waals surface area contributed by atoms with Gasteiger partial charge in [-0.3, -0.25) is 0 Å². The third kappa shape index (κ3) is 1.80. The molecule has 0 aromatic rings. The van der Waals surface area contributed by atoms with E-state index in [1.54, 1.807) is 0 Å². The van der Waals surface area contributed by atoms with Crippen molar-refractivity contribution >= 4 is 0 Å². The van der Waals surface area contributed by atoms with Crippen LogP contribution in [0.3, 0.4) is 0 Å². The van der Waals surface area contributed by atoms with Crippen LogP contribution in [0.1, 0.15) is 26.7 Å². The van der Waals surface area contributed by atoms with Crippen LogP contribution in [-0.4, -0.2) is 38.0 Å². The Kier molecular flexibility index (Phi) is 3.38.